The molecule has 6 heteroatoms. The Kier molecular flexibility index (Phi) is 3.59. The number of rotatable bonds is 4. The van der Waals surface area contributed by atoms with Crippen molar-refractivity contribution in [1.29, 1.82) is 0 Å². The summed E-state index contributed by atoms with van der Waals surface area (Å²) in [5, 5.41) is 2.53. The first-order chi connectivity index (χ1) is 9.01. The summed E-state index contributed by atoms with van der Waals surface area (Å²) in [6.07, 6.45) is 3.34. The molecule has 3 nitrogen and oxygen atoms in total. The van der Waals surface area contributed by atoms with Crippen molar-refractivity contribution < 1.29 is 13.2 Å². The second-order valence-electron chi connectivity index (χ2n) is 4.02. The largest absolute Gasteiger partial charge is 0.321 e. The Hall–Kier alpha value is -2.24. The van der Waals surface area contributed by atoms with Gasteiger partial charge in [-0.1, -0.05) is 6.08 Å². The lowest BCUT2D eigenvalue weighted by atomic mass is 10.3. The van der Waals surface area contributed by atoms with Crippen LogP contribution >= 0.6 is 0 Å². The molecule has 100 valence electrons. The van der Waals surface area contributed by atoms with Crippen LogP contribution in [0.5, 0.6) is 0 Å². The van der Waals surface area contributed by atoms with Gasteiger partial charge >= 0.3 is 0 Å². The summed E-state index contributed by atoms with van der Waals surface area (Å²) in [4.78, 5) is 4.11. The van der Waals surface area contributed by atoms with Gasteiger partial charge in [0.15, 0.2) is 11.6 Å². The van der Waals surface area contributed by atoms with E-state index < -0.39 is 23.1 Å². The molecule has 1 aromatic heterocycles. The molecule has 19 heavy (non-hydrogen) atoms. The van der Waals surface area contributed by atoms with E-state index in [0.717, 1.165) is 0 Å². The summed E-state index contributed by atoms with van der Waals surface area (Å²) in [6, 6.07) is 1.22. The minimum Gasteiger partial charge on any atom is -0.321 e. The molecule has 0 aliphatic carbocycles. The van der Waals surface area contributed by atoms with Gasteiger partial charge in [-0.2, -0.15) is 0 Å². The van der Waals surface area contributed by atoms with Gasteiger partial charge < -0.3 is 9.88 Å². The number of aryl methyl sites for hydroxylation is 1. The normalized spacial score (nSPS) is 10.5. The van der Waals surface area contributed by atoms with E-state index >= 15 is 0 Å². The quantitative estimate of drug-likeness (QED) is 0.859. The number of anilines is 2. The number of aromatic nitrogens is 2. The van der Waals surface area contributed by atoms with Crippen LogP contribution < -0.4 is 5.32 Å². The van der Waals surface area contributed by atoms with Crippen LogP contribution in [-0.4, -0.2) is 9.55 Å². The Morgan fingerprint density at radius 3 is 2.53 bits per heavy atom. The molecule has 0 saturated carbocycles. The SMILES string of the molecule is C=CCn1cc(C)nc1Nc1c(F)cc(F)cc1F. The molecule has 0 spiro atoms. The molecular weight excluding hydrogens is 255 g/mol. The van der Waals surface area contributed by atoms with E-state index in [2.05, 4.69) is 16.9 Å². The number of imidazole rings is 1. The molecule has 0 unspecified atom stereocenters. The Morgan fingerprint density at radius 2 is 1.95 bits per heavy atom. The van der Waals surface area contributed by atoms with E-state index in [4.69, 9.17) is 0 Å². The Morgan fingerprint density at radius 1 is 1.32 bits per heavy atom. The van der Waals surface area contributed by atoms with E-state index in [0.29, 0.717) is 24.4 Å². The number of nitrogens with zero attached hydrogens (tertiary/aromatic N) is 2. The third-order valence-electron chi connectivity index (χ3n) is 2.47. The lowest BCUT2D eigenvalue weighted by Gasteiger charge is -2.09. The smallest absolute Gasteiger partial charge is 0.208 e. The highest BCUT2D eigenvalue weighted by Gasteiger charge is 2.14. The fourth-order valence-electron chi connectivity index (χ4n) is 1.70. The number of nitrogens with one attached hydrogen (secondary N) is 1. The molecule has 1 N–H and O–H groups in total. The van der Waals surface area contributed by atoms with Crippen LogP contribution in [0.4, 0.5) is 24.8 Å². The Balaban J connectivity index is 2.38. The summed E-state index contributed by atoms with van der Waals surface area (Å²) in [6.45, 7) is 5.78. The monoisotopic (exact) mass is 267 g/mol. The molecule has 2 rings (SSSR count). The predicted octanol–water partition coefficient (Wildman–Crippen LogP) is 3.54. The zero-order chi connectivity index (χ0) is 14.0. The summed E-state index contributed by atoms with van der Waals surface area (Å²) >= 11 is 0. The maximum Gasteiger partial charge on any atom is 0.208 e. The van der Waals surface area contributed by atoms with Crippen molar-refractivity contribution >= 4 is 11.6 Å². The van der Waals surface area contributed by atoms with Gasteiger partial charge in [0, 0.05) is 24.9 Å². The first-order valence-corrected chi connectivity index (χ1v) is 5.57. The lowest BCUT2D eigenvalue weighted by Crippen LogP contribution is -2.05. The number of benzene rings is 1. The maximum atomic E-state index is 13.5. The summed E-state index contributed by atoms with van der Waals surface area (Å²) < 4.78 is 41.5. The van der Waals surface area contributed by atoms with Crippen LogP contribution in [-0.2, 0) is 6.54 Å². The highest BCUT2D eigenvalue weighted by Crippen LogP contribution is 2.24. The average Bonchev–Trinajstić information content (AvgIpc) is 2.64. The van der Waals surface area contributed by atoms with Gasteiger partial charge in [-0.05, 0) is 6.92 Å². The van der Waals surface area contributed by atoms with Crippen molar-refractivity contribution in [2.45, 2.75) is 13.5 Å². The van der Waals surface area contributed by atoms with Gasteiger partial charge in [0.1, 0.15) is 11.5 Å². The fraction of sp³-hybridized carbons (Fsp3) is 0.154. The third kappa shape index (κ3) is 2.78. The van der Waals surface area contributed by atoms with Gasteiger partial charge in [-0.15, -0.1) is 6.58 Å². The topological polar surface area (TPSA) is 29.9 Å². The maximum absolute atomic E-state index is 13.5. The first kappa shape index (κ1) is 13.2. The molecule has 1 heterocycles. The summed E-state index contributed by atoms with van der Waals surface area (Å²) in [7, 11) is 0. The minimum absolute atomic E-state index is 0.266. The van der Waals surface area contributed by atoms with Crippen molar-refractivity contribution in [2.75, 3.05) is 5.32 Å². The number of hydrogen-bond donors (Lipinski definition) is 1. The van der Waals surface area contributed by atoms with Gasteiger partial charge in [0.05, 0.1) is 5.69 Å². The van der Waals surface area contributed by atoms with Crippen molar-refractivity contribution in [1.82, 2.24) is 9.55 Å². The van der Waals surface area contributed by atoms with Gasteiger partial charge in [-0.25, -0.2) is 18.2 Å². The molecule has 2 aromatic rings. The van der Waals surface area contributed by atoms with Gasteiger partial charge in [0.2, 0.25) is 5.95 Å². The van der Waals surface area contributed by atoms with Crippen LogP contribution in [0, 0.1) is 24.4 Å². The molecule has 1 aromatic carbocycles. The van der Waals surface area contributed by atoms with Crippen molar-refractivity contribution in [3.63, 3.8) is 0 Å². The molecule has 0 amide bonds. The van der Waals surface area contributed by atoms with Gasteiger partial charge in [-0.3, -0.25) is 0 Å². The van der Waals surface area contributed by atoms with E-state index in [9.17, 15) is 13.2 Å². The first-order valence-electron chi connectivity index (χ1n) is 5.57. The standard InChI is InChI=1S/C13H12F3N3/c1-3-4-19-7-8(2)17-13(19)18-12-10(15)5-9(14)6-11(12)16/h3,5-7H,1,4H2,2H3,(H,17,18). The lowest BCUT2D eigenvalue weighted by molar-refractivity contribution is 0.548. The highest BCUT2D eigenvalue weighted by molar-refractivity contribution is 5.55. The molecule has 0 aliphatic rings. The van der Waals surface area contributed by atoms with Gasteiger partial charge in [0.25, 0.3) is 0 Å². The molecule has 0 bridgehead atoms. The number of allylic oxidation sites excluding steroid dienone is 1. The van der Waals surface area contributed by atoms with Crippen LogP contribution in [0.2, 0.25) is 0 Å². The van der Waals surface area contributed by atoms with Crippen molar-refractivity contribution in [3.05, 3.63) is 54.1 Å². The average molecular weight is 267 g/mol. The predicted molar refractivity (Wildman–Crippen MR) is 66.8 cm³/mol. The van der Waals surface area contributed by atoms with Crippen LogP contribution in [0.1, 0.15) is 5.69 Å². The van der Waals surface area contributed by atoms with Crippen molar-refractivity contribution in [3.8, 4) is 0 Å². The second-order valence-corrected chi connectivity index (χ2v) is 4.02. The van der Waals surface area contributed by atoms with E-state index in [1.807, 2.05) is 0 Å². The van der Waals surface area contributed by atoms with E-state index in [1.165, 1.54) is 0 Å². The van der Waals surface area contributed by atoms with Crippen molar-refractivity contribution in [2.24, 2.45) is 0 Å². The van der Waals surface area contributed by atoms with E-state index in [-0.39, 0.29) is 5.95 Å². The van der Waals surface area contributed by atoms with Crippen LogP contribution in [0.15, 0.2) is 31.0 Å². The number of hydrogen-bond acceptors (Lipinski definition) is 2. The molecule has 0 saturated heterocycles. The van der Waals surface area contributed by atoms with Crippen LogP contribution in [0.3, 0.4) is 0 Å². The summed E-state index contributed by atoms with van der Waals surface area (Å²) in [5.41, 5.74) is 0.254. The van der Waals surface area contributed by atoms with Crippen LogP contribution in [0.25, 0.3) is 0 Å². The molecule has 0 atom stereocenters. The Labute approximate surface area is 108 Å². The Bertz CT molecular complexity index is 597. The molecule has 0 aliphatic heterocycles. The minimum atomic E-state index is -1.01. The highest BCUT2D eigenvalue weighted by atomic mass is 19.1. The number of halogens is 3. The second kappa shape index (κ2) is 5.17. The third-order valence-corrected chi connectivity index (χ3v) is 2.47. The molecular formula is C13H12F3N3. The zero-order valence-corrected chi connectivity index (χ0v) is 10.3. The van der Waals surface area contributed by atoms with E-state index in [1.54, 1.807) is 23.8 Å². The zero-order valence-electron chi connectivity index (χ0n) is 10.3. The fourth-order valence-corrected chi connectivity index (χ4v) is 1.70. The molecule has 0 fully saturated rings. The molecule has 0 radical (unpaired) electrons. The summed E-state index contributed by atoms with van der Waals surface area (Å²) in [5.74, 6) is -2.72.